The summed E-state index contributed by atoms with van der Waals surface area (Å²) in [4.78, 5) is 12.8. The van der Waals surface area contributed by atoms with Crippen LogP contribution in [-0.2, 0) is 13.0 Å². The molecule has 4 aromatic carbocycles. The zero-order valence-electron chi connectivity index (χ0n) is 19.0. The summed E-state index contributed by atoms with van der Waals surface area (Å²) in [5.41, 5.74) is 2.43. The predicted molar refractivity (Wildman–Crippen MR) is 141 cm³/mol. The number of thioether (sulfide) groups is 1. The minimum atomic E-state index is -0.533. The Balaban J connectivity index is 1.23. The summed E-state index contributed by atoms with van der Waals surface area (Å²) in [6, 6.07) is 33.3. The molecule has 1 heterocycles. The van der Waals surface area contributed by atoms with Crippen molar-refractivity contribution in [3.63, 3.8) is 0 Å². The third-order valence-corrected chi connectivity index (χ3v) is 6.80. The maximum absolute atomic E-state index is 12.5. The average molecular weight is 481 g/mol. The summed E-state index contributed by atoms with van der Waals surface area (Å²) < 4.78 is 11.4. The van der Waals surface area contributed by atoms with Gasteiger partial charge in [0.05, 0.1) is 0 Å². The van der Waals surface area contributed by atoms with Gasteiger partial charge in [-0.2, -0.15) is 0 Å². The van der Waals surface area contributed by atoms with E-state index in [0.29, 0.717) is 29.4 Å². The summed E-state index contributed by atoms with van der Waals surface area (Å²) in [5.74, 6) is 1.64. The van der Waals surface area contributed by atoms with E-state index in [2.05, 4.69) is 30.3 Å². The van der Waals surface area contributed by atoms with E-state index in [1.165, 1.54) is 34.2 Å². The highest BCUT2D eigenvalue weighted by molar-refractivity contribution is 7.99. The maximum Gasteiger partial charge on any atom is 0.353 e. The number of aryl methyl sites for hydroxylation is 1. The van der Waals surface area contributed by atoms with Crippen LogP contribution >= 0.6 is 11.8 Å². The Labute approximate surface area is 207 Å². The van der Waals surface area contributed by atoms with Gasteiger partial charge in [-0.05, 0) is 58.7 Å². The van der Waals surface area contributed by atoms with E-state index in [0.717, 1.165) is 12.0 Å². The molecule has 1 N–H and O–H groups in total. The van der Waals surface area contributed by atoms with Gasteiger partial charge in [-0.15, -0.1) is 11.8 Å². The summed E-state index contributed by atoms with van der Waals surface area (Å²) in [6.45, 7) is 0.453. The topological polar surface area (TPSA) is 59.7 Å². The Bertz CT molecular complexity index is 1490. The van der Waals surface area contributed by atoms with Crippen LogP contribution in [0.15, 0.2) is 117 Å². The van der Waals surface area contributed by atoms with Crippen molar-refractivity contribution in [2.75, 3.05) is 5.75 Å². The second kappa shape index (κ2) is 10.5. The zero-order chi connectivity index (χ0) is 24.0. The number of rotatable bonds is 8. The van der Waals surface area contributed by atoms with E-state index in [1.807, 2.05) is 66.7 Å². The van der Waals surface area contributed by atoms with Gasteiger partial charge in [0, 0.05) is 17.4 Å². The van der Waals surface area contributed by atoms with Crippen molar-refractivity contribution in [3.05, 3.63) is 125 Å². The van der Waals surface area contributed by atoms with Crippen molar-refractivity contribution in [3.8, 4) is 22.8 Å². The largest absolute Gasteiger partial charge is 0.506 e. The average Bonchev–Trinajstić information content (AvgIpc) is 2.90. The van der Waals surface area contributed by atoms with Gasteiger partial charge < -0.3 is 14.3 Å². The van der Waals surface area contributed by atoms with Crippen LogP contribution in [0.3, 0.4) is 0 Å². The second-order valence-corrected chi connectivity index (χ2v) is 9.30. The first kappa shape index (κ1) is 22.8. The molecule has 0 saturated heterocycles. The van der Waals surface area contributed by atoms with Crippen molar-refractivity contribution in [2.24, 2.45) is 0 Å². The number of aromatic hydroxyl groups is 1. The van der Waals surface area contributed by atoms with Gasteiger partial charge in [0.2, 0.25) is 0 Å². The molecule has 0 fully saturated rings. The lowest BCUT2D eigenvalue weighted by molar-refractivity contribution is 0.306. The number of fused-ring (bicyclic) bond motifs is 1. The van der Waals surface area contributed by atoms with Gasteiger partial charge >= 0.3 is 5.63 Å². The molecule has 35 heavy (non-hydrogen) atoms. The Morgan fingerprint density at radius 2 is 1.51 bits per heavy atom. The summed E-state index contributed by atoms with van der Waals surface area (Å²) in [5, 5.41) is 12.8. The van der Waals surface area contributed by atoms with E-state index in [-0.39, 0.29) is 10.6 Å². The molecule has 0 amide bonds. The molecule has 174 valence electrons. The number of benzene rings is 4. The van der Waals surface area contributed by atoms with E-state index < -0.39 is 5.63 Å². The lowest BCUT2D eigenvalue weighted by Crippen LogP contribution is -2.04. The van der Waals surface area contributed by atoms with E-state index >= 15 is 0 Å². The van der Waals surface area contributed by atoms with Gasteiger partial charge in [0.15, 0.2) is 0 Å². The minimum Gasteiger partial charge on any atom is -0.506 e. The smallest absolute Gasteiger partial charge is 0.353 e. The molecular weight excluding hydrogens is 456 g/mol. The molecule has 0 radical (unpaired) electrons. The van der Waals surface area contributed by atoms with Gasteiger partial charge in [-0.3, -0.25) is 0 Å². The normalized spacial score (nSPS) is 11.0. The Morgan fingerprint density at radius 1 is 0.771 bits per heavy atom. The van der Waals surface area contributed by atoms with Crippen molar-refractivity contribution in [2.45, 2.75) is 17.9 Å². The third-order valence-electron chi connectivity index (χ3n) is 5.73. The number of ether oxygens (including phenoxy) is 1. The van der Waals surface area contributed by atoms with Crippen LogP contribution in [0.25, 0.3) is 22.1 Å². The highest BCUT2D eigenvalue weighted by Crippen LogP contribution is 2.31. The van der Waals surface area contributed by atoms with Crippen LogP contribution in [-0.4, -0.2) is 10.9 Å². The van der Waals surface area contributed by atoms with Crippen molar-refractivity contribution in [1.82, 2.24) is 0 Å². The van der Waals surface area contributed by atoms with Crippen molar-refractivity contribution >= 4 is 22.5 Å². The number of hydrogen-bond donors (Lipinski definition) is 1. The molecule has 0 aliphatic rings. The van der Waals surface area contributed by atoms with Gasteiger partial charge in [0.25, 0.3) is 0 Å². The highest BCUT2D eigenvalue weighted by Gasteiger charge is 2.13. The van der Waals surface area contributed by atoms with Crippen molar-refractivity contribution in [1.29, 1.82) is 0 Å². The van der Waals surface area contributed by atoms with Crippen LogP contribution in [0.2, 0.25) is 0 Å². The Kier molecular flexibility index (Phi) is 6.87. The molecule has 5 heteroatoms. The fourth-order valence-corrected chi connectivity index (χ4v) is 4.78. The quantitative estimate of drug-likeness (QED) is 0.241. The molecule has 0 atom stereocenters. The van der Waals surface area contributed by atoms with Gasteiger partial charge in [-0.25, -0.2) is 4.79 Å². The molecule has 0 aliphatic carbocycles. The van der Waals surface area contributed by atoms with Crippen LogP contribution in [0.1, 0.15) is 11.1 Å². The first-order valence-corrected chi connectivity index (χ1v) is 12.4. The summed E-state index contributed by atoms with van der Waals surface area (Å²) >= 11 is 1.30. The summed E-state index contributed by atoms with van der Waals surface area (Å²) in [7, 11) is 0. The molecule has 5 rings (SSSR count). The monoisotopic (exact) mass is 480 g/mol. The maximum atomic E-state index is 12.5. The first-order chi connectivity index (χ1) is 17.2. The molecule has 0 unspecified atom stereocenters. The standard InChI is InChI=1S/C30H24O4S/c31-27-19-28(34-30(32)29(27)35-17-16-21-6-2-1-3-7-21)24-12-14-26(15-13-24)33-20-22-10-11-23-8-4-5-9-25(23)18-22/h1-15,18-19,31H,16-17,20H2. The molecule has 0 bridgehead atoms. The van der Waals surface area contributed by atoms with E-state index in [9.17, 15) is 9.90 Å². The lowest BCUT2D eigenvalue weighted by atomic mass is 10.1. The predicted octanol–water partition coefficient (Wildman–Crippen LogP) is 7.08. The SMILES string of the molecule is O=c1oc(-c2ccc(OCc3ccc4ccccc4c3)cc2)cc(O)c1SCCc1ccccc1. The first-order valence-electron chi connectivity index (χ1n) is 11.4. The Morgan fingerprint density at radius 3 is 2.29 bits per heavy atom. The van der Waals surface area contributed by atoms with Gasteiger partial charge in [-0.1, -0.05) is 66.7 Å². The van der Waals surface area contributed by atoms with Gasteiger partial charge in [0.1, 0.15) is 28.8 Å². The molecule has 1 aromatic heterocycles. The highest BCUT2D eigenvalue weighted by atomic mass is 32.2. The van der Waals surface area contributed by atoms with E-state index in [4.69, 9.17) is 9.15 Å². The molecule has 0 aliphatic heterocycles. The third kappa shape index (κ3) is 5.58. The molecule has 4 nitrogen and oxygen atoms in total. The van der Waals surface area contributed by atoms with E-state index in [1.54, 1.807) is 0 Å². The van der Waals surface area contributed by atoms with Crippen LogP contribution in [0, 0.1) is 0 Å². The lowest BCUT2D eigenvalue weighted by Gasteiger charge is -2.09. The molecule has 5 aromatic rings. The van der Waals surface area contributed by atoms with Crippen LogP contribution < -0.4 is 10.4 Å². The summed E-state index contributed by atoms with van der Waals surface area (Å²) in [6.07, 6.45) is 0.798. The zero-order valence-corrected chi connectivity index (χ0v) is 19.8. The fraction of sp³-hybridized carbons (Fsp3) is 0.100. The fourth-order valence-electron chi connectivity index (χ4n) is 3.87. The Hall–Kier alpha value is -3.96. The van der Waals surface area contributed by atoms with Crippen molar-refractivity contribution < 1.29 is 14.3 Å². The van der Waals surface area contributed by atoms with Crippen LogP contribution in [0.4, 0.5) is 0 Å². The molecule has 0 spiro atoms. The molecule has 0 saturated carbocycles. The molecular formula is C30H24O4S. The number of hydrogen-bond acceptors (Lipinski definition) is 5. The second-order valence-electron chi connectivity index (χ2n) is 8.19. The minimum absolute atomic E-state index is 0.0639. The van der Waals surface area contributed by atoms with Crippen LogP contribution in [0.5, 0.6) is 11.5 Å².